The first-order valence-electron chi connectivity index (χ1n) is 4.20. The highest BCUT2D eigenvalue weighted by Gasteiger charge is 2.38. The van der Waals surface area contributed by atoms with Gasteiger partial charge in [0.1, 0.15) is 18.3 Å². The number of ether oxygens (including phenoxy) is 1. The van der Waals surface area contributed by atoms with Crippen molar-refractivity contribution in [2.45, 2.75) is 24.5 Å². The number of amides is 2. The Morgan fingerprint density at radius 3 is 2.57 bits per heavy atom. The number of rotatable bonds is 1. The van der Waals surface area contributed by atoms with E-state index < -0.39 is 30.6 Å². The summed E-state index contributed by atoms with van der Waals surface area (Å²) in [4.78, 5) is 10.9. The Hall–Kier alpha value is -0.890. The number of nitrogens with one attached hydrogen (secondary N) is 2. The van der Waals surface area contributed by atoms with Crippen LogP contribution in [0.3, 0.4) is 0 Å². The summed E-state index contributed by atoms with van der Waals surface area (Å²) in [6, 6.07) is -0.530. The van der Waals surface area contributed by atoms with E-state index in [1.54, 1.807) is 0 Å². The molecule has 0 unspecified atom stereocenters. The molecule has 14 heavy (non-hydrogen) atoms. The van der Waals surface area contributed by atoms with Gasteiger partial charge in [0.05, 0.1) is 6.61 Å². The Morgan fingerprint density at radius 2 is 2.00 bits per heavy atom. The average Bonchev–Trinajstić information content (AvgIpc) is 2.19. The van der Waals surface area contributed by atoms with Gasteiger partial charge in [-0.15, -0.1) is 0 Å². The van der Waals surface area contributed by atoms with E-state index in [1.165, 1.54) is 7.05 Å². The lowest BCUT2D eigenvalue weighted by Crippen LogP contribution is -2.59. The molecule has 7 nitrogen and oxygen atoms in total. The Bertz CT molecular complexity index is 212. The molecule has 1 heterocycles. The standard InChI is InChI=1S/C7H14N2O5/c1-8-7(13)9-6-5(12)4(11)3(10)2-14-6/h3-6,10-12H,2H2,1H3,(H2,8,9,13)/t3-,4-,5+,6+/m0/s1. The predicted octanol–water partition coefficient (Wildman–Crippen LogP) is -2.65. The Morgan fingerprint density at radius 1 is 1.36 bits per heavy atom. The molecule has 1 saturated heterocycles. The molecule has 0 aromatic rings. The second-order valence-electron chi connectivity index (χ2n) is 3.03. The first kappa shape index (κ1) is 11.2. The van der Waals surface area contributed by atoms with Crippen LogP contribution < -0.4 is 10.6 Å². The molecule has 2 amide bonds. The molecule has 5 N–H and O–H groups in total. The first-order valence-corrected chi connectivity index (χ1v) is 4.20. The molecule has 0 saturated carbocycles. The number of hydrogen-bond acceptors (Lipinski definition) is 5. The van der Waals surface area contributed by atoms with Crippen molar-refractivity contribution in [2.75, 3.05) is 13.7 Å². The Labute approximate surface area is 80.7 Å². The van der Waals surface area contributed by atoms with Crippen molar-refractivity contribution in [1.82, 2.24) is 10.6 Å². The fourth-order valence-corrected chi connectivity index (χ4v) is 1.13. The lowest BCUT2D eigenvalue weighted by molar-refractivity contribution is -0.191. The summed E-state index contributed by atoms with van der Waals surface area (Å²) in [5, 5.41) is 32.3. The van der Waals surface area contributed by atoms with Crippen molar-refractivity contribution < 1.29 is 24.9 Å². The molecule has 1 aliphatic rings. The smallest absolute Gasteiger partial charge is 0.316 e. The van der Waals surface area contributed by atoms with E-state index in [1.807, 2.05) is 0 Å². The van der Waals surface area contributed by atoms with Crippen LogP contribution in [0.4, 0.5) is 4.79 Å². The van der Waals surface area contributed by atoms with Crippen LogP contribution in [-0.2, 0) is 4.74 Å². The second kappa shape index (κ2) is 4.56. The molecule has 7 heteroatoms. The molecule has 1 rings (SSSR count). The molecule has 1 fully saturated rings. The van der Waals surface area contributed by atoms with E-state index in [0.717, 1.165) is 0 Å². The lowest BCUT2D eigenvalue weighted by atomic mass is 10.0. The Kier molecular flexibility index (Phi) is 3.64. The molecule has 4 atom stereocenters. The monoisotopic (exact) mass is 206 g/mol. The summed E-state index contributed by atoms with van der Waals surface area (Å²) in [5.41, 5.74) is 0. The van der Waals surface area contributed by atoms with Gasteiger partial charge in [0, 0.05) is 7.05 Å². The summed E-state index contributed by atoms with van der Waals surface area (Å²) < 4.78 is 4.91. The molecule has 0 radical (unpaired) electrons. The number of hydrogen-bond donors (Lipinski definition) is 5. The molecular weight excluding hydrogens is 192 g/mol. The molecule has 0 bridgehead atoms. The number of aliphatic hydroxyl groups is 3. The van der Waals surface area contributed by atoms with Crippen LogP contribution in [-0.4, -0.2) is 59.5 Å². The number of carbonyl (C=O) groups excluding carboxylic acids is 1. The van der Waals surface area contributed by atoms with Crippen LogP contribution in [0, 0.1) is 0 Å². The van der Waals surface area contributed by atoms with E-state index in [9.17, 15) is 15.0 Å². The SMILES string of the molecule is CNC(=O)N[C@@H]1OC[C@H](O)[C@H](O)[C@H]1O. The molecule has 0 aliphatic carbocycles. The van der Waals surface area contributed by atoms with Crippen LogP contribution >= 0.6 is 0 Å². The van der Waals surface area contributed by atoms with E-state index in [-0.39, 0.29) is 6.61 Å². The van der Waals surface area contributed by atoms with Gasteiger partial charge in [-0.2, -0.15) is 0 Å². The summed E-state index contributed by atoms with van der Waals surface area (Å²) in [7, 11) is 1.41. The second-order valence-corrected chi connectivity index (χ2v) is 3.03. The Balaban J connectivity index is 2.50. The molecule has 1 aliphatic heterocycles. The van der Waals surface area contributed by atoms with Crippen molar-refractivity contribution in [3.8, 4) is 0 Å². The van der Waals surface area contributed by atoms with Gasteiger partial charge in [0.15, 0.2) is 6.23 Å². The van der Waals surface area contributed by atoms with Crippen molar-refractivity contribution in [3.05, 3.63) is 0 Å². The summed E-state index contributed by atoms with van der Waals surface area (Å²) >= 11 is 0. The minimum atomic E-state index is -1.34. The molecule has 82 valence electrons. The van der Waals surface area contributed by atoms with Gasteiger partial charge < -0.3 is 30.7 Å². The van der Waals surface area contributed by atoms with Crippen molar-refractivity contribution in [3.63, 3.8) is 0 Å². The van der Waals surface area contributed by atoms with E-state index >= 15 is 0 Å². The number of aliphatic hydroxyl groups excluding tert-OH is 3. The van der Waals surface area contributed by atoms with Gasteiger partial charge in [-0.3, -0.25) is 0 Å². The zero-order valence-corrected chi connectivity index (χ0v) is 7.67. The largest absolute Gasteiger partial charge is 0.388 e. The quantitative estimate of drug-likeness (QED) is 0.322. The van der Waals surface area contributed by atoms with Gasteiger partial charge >= 0.3 is 6.03 Å². The highest BCUT2D eigenvalue weighted by Crippen LogP contribution is 2.13. The van der Waals surface area contributed by atoms with Crippen LogP contribution in [0.5, 0.6) is 0 Å². The highest BCUT2D eigenvalue weighted by molar-refractivity contribution is 5.73. The summed E-state index contributed by atoms with van der Waals surface area (Å²) in [5.74, 6) is 0. The third-order valence-electron chi connectivity index (χ3n) is 2.00. The summed E-state index contributed by atoms with van der Waals surface area (Å²) in [6.07, 6.45) is -4.79. The van der Waals surface area contributed by atoms with Gasteiger partial charge in [-0.1, -0.05) is 0 Å². The maximum absolute atomic E-state index is 10.9. The van der Waals surface area contributed by atoms with Crippen LogP contribution in [0.2, 0.25) is 0 Å². The molecule has 0 spiro atoms. The normalized spacial score (nSPS) is 37.7. The van der Waals surface area contributed by atoms with E-state index in [0.29, 0.717) is 0 Å². The van der Waals surface area contributed by atoms with Gasteiger partial charge in [-0.05, 0) is 0 Å². The fraction of sp³-hybridized carbons (Fsp3) is 0.857. The minimum Gasteiger partial charge on any atom is -0.388 e. The average molecular weight is 206 g/mol. The third kappa shape index (κ3) is 2.32. The molecule has 0 aromatic carbocycles. The molecular formula is C7H14N2O5. The minimum absolute atomic E-state index is 0.132. The van der Waals surface area contributed by atoms with E-state index in [2.05, 4.69) is 10.6 Å². The maximum atomic E-state index is 10.9. The third-order valence-corrected chi connectivity index (χ3v) is 2.00. The van der Waals surface area contributed by atoms with Crippen molar-refractivity contribution >= 4 is 6.03 Å². The van der Waals surface area contributed by atoms with Crippen molar-refractivity contribution in [1.29, 1.82) is 0 Å². The number of urea groups is 1. The topological polar surface area (TPSA) is 111 Å². The van der Waals surface area contributed by atoms with Crippen LogP contribution in [0.25, 0.3) is 0 Å². The van der Waals surface area contributed by atoms with Gasteiger partial charge in [-0.25, -0.2) is 4.79 Å². The first-order chi connectivity index (χ1) is 6.56. The van der Waals surface area contributed by atoms with E-state index in [4.69, 9.17) is 9.84 Å². The van der Waals surface area contributed by atoms with Crippen molar-refractivity contribution in [2.24, 2.45) is 0 Å². The predicted molar refractivity (Wildman–Crippen MR) is 45.4 cm³/mol. The summed E-state index contributed by atoms with van der Waals surface area (Å²) in [6.45, 7) is -0.132. The van der Waals surface area contributed by atoms with Crippen LogP contribution in [0.1, 0.15) is 0 Å². The van der Waals surface area contributed by atoms with Gasteiger partial charge in [0.2, 0.25) is 0 Å². The van der Waals surface area contributed by atoms with Crippen LogP contribution in [0.15, 0.2) is 0 Å². The zero-order valence-electron chi connectivity index (χ0n) is 7.67. The number of carbonyl (C=O) groups is 1. The van der Waals surface area contributed by atoms with Gasteiger partial charge in [0.25, 0.3) is 0 Å². The molecule has 0 aromatic heterocycles. The lowest BCUT2D eigenvalue weighted by Gasteiger charge is -2.35. The zero-order chi connectivity index (χ0) is 10.7. The maximum Gasteiger partial charge on any atom is 0.316 e. The highest BCUT2D eigenvalue weighted by atomic mass is 16.5. The fourth-order valence-electron chi connectivity index (χ4n) is 1.13.